The second kappa shape index (κ2) is 6.62. The molecule has 0 spiro atoms. The molecule has 0 radical (unpaired) electrons. The van der Waals surface area contributed by atoms with Crippen molar-refractivity contribution in [1.82, 2.24) is 10.2 Å². The number of phenols is 1. The lowest BCUT2D eigenvalue weighted by Gasteiger charge is -2.30. The molecule has 3 rings (SSSR count). The Kier molecular flexibility index (Phi) is 4.54. The highest BCUT2D eigenvalue weighted by molar-refractivity contribution is 7.90. The summed E-state index contributed by atoms with van der Waals surface area (Å²) in [6, 6.07) is 6.33. The van der Waals surface area contributed by atoms with Crippen LogP contribution in [0.25, 0.3) is 0 Å². The van der Waals surface area contributed by atoms with Gasteiger partial charge in [-0.15, -0.1) is 5.10 Å². The lowest BCUT2D eigenvalue weighted by atomic mass is 10.3. The van der Waals surface area contributed by atoms with E-state index in [1.54, 1.807) is 18.2 Å². The summed E-state index contributed by atoms with van der Waals surface area (Å²) >= 11 is 0. The Hall–Kier alpha value is -2.39. The standard InChI is InChI=1S/C15H17N3O5S/c1-24(20,21)15-14(23-13-5-3-2-4-12(13)19)11(10-16-17-15)18-6-8-22-9-7-18/h2-5,10,19H,6-9H2,1H3. The van der Waals surface area contributed by atoms with Crippen molar-refractivity contribution in [2.24, 2.45) is 0 Å². The Balaban J connectivity index is 2.11. The Morgan fingerprint density at radius 2 is 1.96 bits per heavy atom. The van der Waals surface area contributed by atoms with Crippen LogP contribution < -0.4 is 9.64 Å². The van der Waals surface area contributed by atoms with Crippen LogP contribution in [0.15, 0.2) is 35.5 Å². The number of morpholine rings is 1. The van der Waals surface area contributed by atoms with Crippen LogP contribution in [0, 0.1) is 0 Å². The first-order valence-electron chi connectivity index (χ1n) is 7.31. The van der Waals surface area contributed by atoms with E-state index in [2.05, 4.69) is 10.2 Å². The topological polar surface area (TPSA) is 102 Å². The average Bonchev–Trinajstić information content (AvgIpc) is 2.57. The van der Waals surface area contributed by atoms with E-state index in [-0.39, 0.29) is 22.3 Å². The summed E-state index contributed by atoms with van der Waals surface area (Å²) < 4.78 is 35.2. The number of ether oxygens (including phenoxy) is 2. The number of sulfone groups is 1. The van der Waals surface area contributed by atoms with Gasteiger partial charge in [-0.1, -0.05) is 12.1 Å². The van der Waals surface area contributed by atoms with Gasteiger partial charge in [0.2, 0.25) is 5.03 Å². The normalized spacial score (nSPS) is 15.3. The number of rotatable bonds is 4. The zero-order chi connectivity index (χ0) is 17.2. The van der Waals surface area contributed by atoms with E-state index >= 15 is 0 Å². The first kappa shape index (κ1) is 16.5. The first-order valence-corrected chi connectivity index (χ1v) is 9.20. The molecule has 1 aromatic carbocycles. The third kappa shape index (κ3) is 3.41. The molecule has 1 N–H and O–H groups in total. The molecule has 8 nitrogen and oxygen atoms in total. The van der Waals surface area contributed by atoms with Crippen molar-refractivity contribution in [3.63, 3.8) is 0 Å². The number of hydrogen-bond acceptors (Lipinski definition) is 8. The summed E-state index contributed by atoms with van der Waals surface area (Å²) in [7, 11) is -3.67. The number of anilines is 1. The fourth-order valence-corrected chi connectivity index (χ4v) is 3.05. The highest BCUT2D eigenvalue weighted by atomic mass is 32.2. The molecule has 1 fully saturated rings. The zero-order valence-electron chi connectivity index (χ0n) is 13.0. The molecule has 1 aromatic heterocycles. The maximum absolute atomic E-state index is 12.1. The van der Waals surface area contributed by atoms with Crippen molar-refractivity contribution < 1.29 is 23.0 Å². The fourth-order valence-electron chi connectivity index (χ4n) is 2.37. The van der Waals surface area contributed by atoms with Crippen LogP contribution in [-0.2, 0) is 14.6 Å². The summed E-state index contributed by atoms with van der Waals surface area (Å²) in [5, 5.41) is 17.2. The Bertz CT molecular complexity index is 835. The van der Waals surface area contributed by atoms with E-state index < -0.39 is 9.84 Å². The van der Waals surface area contributed by atoms with E-state index in [1.165, 1.54) is 12.3 Å². The molecule has 24 heavy (non-hydrogen) atoms. The van der Waals surface area contributed by atoms with E-state index in [0.717, 1.165) is 6.26 Å². The van der Waals surface area contributed by atoms with Crippen LogP contribution in [-0.4, -0.2) is 56.3 Å². The lowest BCUT2D eigenvalue weighted by molar-refractivity contribution is 0.122. The van der Waals surface area contributed by atoms with Gasteiger partial charge < -0.3 is 19.5 Å². The molecule has 0 unspecified atom stereocenters. The van der Waals surface area contributed by atoms with Crippen LogP contribution in [0.3, 0.4) is 0 Å². The molecule has 2 heterocycles. The predicted molar refractivity (Wildman–Crippen MR) is 86.4 cm³/mol. The SMILES string of the molecule is CS(=O)(=O)c1nncc(N2CCOCC2)c1Oc1ccccc1O. The molecule has 9 heteroatoms. The van der Waals surface area contributed by atoms with Crippen molar-refractivity contribution in [3.8, 4) is 17.2 Å². The molecule has 1 saturated heterocycles. The molecular weight excluding hydrogens is 334 g/mol. The van der Waals surface area contributed by atoms with Gasteiger partial charge in [0, 0.05) is 19.3 Å². The van der Waals surface area contributed by atoms with Crippen LogP contribution >= 0.6 is 0 Å². The second-order valence-electron chi connectivity index (χ2n) is 5.31. The number of benzene rings is 1. The highest BCUT2D eigenvalue weighted by Crippen LogP contribution is 2.39. The number of phenolic OH excluding ortho intramolecular Hbond substituents is 1. The van der Waals surface area contributed by atoms with E-state index in [1.807, 2.05) is 4.90 Å². The molecule has 1 aliphatic heterocycles. The molecule has 1 aliphatic rings. The number of aromatic hydroxyl groups is 1. The van der Waals surface area contributed by atoms with Crippen LogP contribution in [0.1, 0.15) is 0 Å². The van der Waals surface area contributed by atoms with Crippen LogP contribution in [0.2, 0.25) is 0 Å². The average molecular weight is 351 g/mol. The largest absolute Gasteiger partial charge is 0.504 e. The summed E-state index contributed by atoms with van der Waals surface area (Å²) in [5.74, 6) is 0.0995. The molecule has 0 saturated carbocycles. The van der Waals surface area contributed by atoms with Gasteiger partial charge in [0.25, 0.3) is 0 Å². The van der Waals surface area contributed by atoms with Crippen molar-refractivity contribution in [2.45, 2.75) is 5.03 Å². The van der Waals surface area contributed by atoms with Gasteiger partial charge in [0.05, 0.1) is 19.4 Å². The van der Waals surface area contributed by atoms with Crippen molar-refractivity contribution in [2.75, 3.05) is 37.5 Å². The van der Waals surface area contributed by atoms with Crippen LogP contribution in [0.5, 0.6) is 17.2 Å². The minimum absolute atomic E-state index is 0.0518. The Morgan fingerprint density at radius 3 is 2.62 bits per heavy atom. The predicted octanol–water partition coefficient (Wildman–Crippen LogP) is 1.21. The van der Waals surface area contributed by atoms with Gasteiger partial charge in [-0.05, 0) is 12.1 Å². The maximum atomic E-state index is 12.1. The van der Waals surface area contributed by atoms with Gasteiger partial charge in [0.15, 0.2) is 27.1 Å². The highest BCUT2D eigenvalue weighted by Gasteiger charge is 2.26. The van der Waals surface area contributed by atoms with Gasteiger partial charge in [-0.25, -0.2) is 8.42 Å². The third-order valence-electron chi connectivity index (χ3n) is 3.54. The molecule has 0 bridgehead atoms. The number of aromatic nitrogens is 2. The van der Waals surface area contributed by atoms with Gasteiger partial charge in [-0.2, -0.15) is 5.10 Å². The van der Waals surface area contributed by atoms with Gasteiger partial charge in [-0.3, -0.25) is 0 Å². The van der Waals surface area contributed by atoms with Crippen LogP contribution in [0.4, 0.5) is 5.69 Å². The monoisotopic (exact) mass is 351 g/mol. The van der Waals surface area contributed by atoms with Gasteiger partial charge >= 0.3 is 0 Å². The summed E-state index contributed by atoms with van der Waals surface area (Å²) in [5.41, 5.74) is 0.497. The smallest absolute Gasteiger partial charge is 0.222 e. The number of para-hydroxylation sites is 2. The van der Waals surface area contributed by atoms with Crippen molar-refractivity contribution in [1.29, 1.82) is 0 Å². The van der Waals surface area contributed by atoms with Crippen molar-refractivity contribution in [3.05, 3.63) is 30.5 Å². The molecule has 0 amide bonds. The van der Waals surface area contributed by atoms with Gasteiger partial charge in [0.1, 0.15) is 5.69 Å². The molecular formula is C15H17N3O5S. The Morgan fingerprint density at radius 1 is 1.25 bits per heavy atom. The number of nitrogens with zero attached hydrogens (tertiary/aromatic N) is 3. The summed E-state index contributed by atoms with van der Waals surface area (Å²) in [4.78, 5) is 1.92. The molecule has 128 valence electrons. The first-order chi connectivity index (χ1) is 11.5. The maximum Gasteiger partial charge on any atom is 0.222 e. The fraction of sp³-hybridized carbons (Fsp3) is 0.333. The minimum atomic E-state index is -3.67. The molecule has 0 atom stereocenters. The molecule has 2 aromatic rings. The number of hydrogen-bond donors (Lipinski definition) is 1. The summed E-state index contributed by atoms with van der Waals surface area (Å²) in [6.07, 6.45) is 2.49. The minimum Gasteiger partial charge on any atom is -0.504 e. The quantitative estimate of drug-likeness (QED) is 0.877. The lowest BCUT2D eigenvalue weighted by Crippen LogP contribution is -2.36. The Labute approximate surface area is 139 Å². The van der Waals surface area contributed by atoms with E-state index in [9.17, 15) is 13.5 Å². The third-order valence-corrected chi connectivity index (χ3v) is 4.51. The summed E-state index contributed by atoms with van der Waals surface area (Å²) in [6.45, 7) is 2.19. The zero-order valence-corrected chi connectivity index (χ0v) is 13.9. The van der Waals surface area contributed by atoms with E-state index in [0.29, 0.717) is 32.0 Å². The van der Waals surface area contributed by atoms with Crippen molar-refractivity contribution >= 4 is 15.5 Å². The second-order valence-corrected chi connectivity index (χ2v) is 7.24. The van der Waals surface area contributed by atoms with E-state index in [4.69, 9.17) is 9.47 Å². The molecule has 0 aliphatic carbocycles.